The average Bonchev–Trinajstić information content (AvgIpc) is 2.62. The van der Waals surface area contributed by atoms with E-state index in [1.807, 2.05) is 0 Å². The fourth-order valence-corrected chi connectivity index (χ4v) is 3.53. The van der Waals surface area contributed by atoms with Crippen LogP contribution in [0.15, 0.2) is 29.3 Å². The third-order valence-electron chi connectivity index (χ3n) is 3.03. The first-order valence-electron chi connectivity index (χ1n) is 7.15. The number of anilines is 1. The largest absolute Gasteiger partial charge is 0.478 e. The molecule has 1 heterocycles. The van der Waals surface area contributed by atoms with Gasteiger partial charge < -0.3 is 20.3 Å². The van der Waals surface area contributed by atoms with Gasteiger partial charge >= 0.3 is 0 Å². The number of nitrogens with one attached hydrogen (secondary N) is 1. The number of nitrogens with zero attached hydrogens (tertiary/aromatic N) is 2. The Morgan fingerprint density at radius 2 is 2.12 bits per heavy atom. The third kappa shape index (κ3) is 4.86. The summed E-state index contributed by atoms with van der Waals surface area (Å²) in [6.07, 6.45) is 1.18. The first-order valence-corrected chi connectivity index (χ1v) is 9.39. The molecular weight excluding hydrogens is 407 g/mol. The Labute approximate surface area is 160 Å². The first kappa shape index (κ1) is 20.5. The maximum atomic E-state index is 12.5. The van der Waals surface area contributed by atoms with Crippen molar-refractivity contribution in [1.82, 2.24) is 9.97 Å². The van der Waals surface area contributed by atoms with E-state index in [4.69, 9.17) is 43.5 Å². The first-order chi connectivity index (χ1) is 12.3. The number of hydrogen-bond acceptors (Lipinski definition) is 8. The second kappa shape index (κ2) is 8.69. The summed E-state index contributed by atoms with van der Waals surface area (Å²) in [6, 6.07) is 3.62. The third-order valence-corrected chi connectivity index (χ3v) is 5.34. The van der Waals surface area contributed by atoms with E-state index in [1.54, 1.807) is 0 Å². The van der Waals surface area contributed by atoms with Crippen molar-refractivity contribution < 1.29 is 23.0 Å². The molecule has 0 unspecified atom stereocenters. The summed E-state index contributed by atoms with van der Waals surface area (Å²) in [5.74, 6) is -0.237. The zero-order chi connectivity index (χ0) is 19.3. The standard InChI is InChI=1S/C14H16Cl2N4O5S/c1-24-14-13(18-5-11(19-14)25-7-8(17)6-21)20-26(22,23)10-4-2-3-9(15)12(10)16/h2-5,8,21H,6-7,17H2,1H3,(H,18,20)/t8-/m1/s1. The molecule has 1 atom stereocenters. The van der Waals surface area contributed by atoms with Crippen LogP contribution in [0.3, 0.4) is 0 Å². The zero-order valence-electron chi connectivity index (χ0n) is 13.5. The smallest absolute Gasteiger partial charge is 0.264 e. The quantitative estimate of drug-likeness (QED) is 0.578. The molecule has 12 heteroatoms. The number of aliphatic hydroxyl groups is 1. The van der Waals surface area contributed by atoms with Crippen LogP contribution in [0.25, 0.3) is 0 Å². The lowest BCUT2D eigenvalue weighted by Crippen LogP contribution is -2.31. The van der Waals surface area contributed by atoms with Gasteiger partial charge in [-0.3, -0.25) is 4.72 Å². The molecule has 0 aliphatic heterocycles. The molecule has 2 rings (SSSR count). The van der Waals surface area contributed by atoms with Crippen molar-refractivity contribution in [2.24, 2.45) is 5.73 Å². The molecule has 0 bridgehead atoms. The summed E-state index contributed by atoms with van der Waals surface area (Å²) in [5, 5.41) is 8.85. The van der Waals surface area contributed by atoms with Gasteiger partial charge in [-0.1, -0.05) is 29.3 Å². The Morgan fingerprint density at radius 3 is 2.77 bits per heavy atom. The van der Waals surface area contributed by atoms with Gasteiger partial charge in [-0.25, -0.2) is 13.4 Å². The molecule has 0 radical (unpaired) electrons. The molecule has 0 saturated heterocycles. The number of halogens is 2. The Kier molecular flexibility index (Phi) is 6.84. The van der Waals surface area contributed by atoms with Crippen LogP contribution >= 0.6 is 23.2 Å². The van der Waals surface area contributed by atoms with E-state index in [2.05, 4.69) is 14.7 Å². The second-order valence-electron chi connectivity index (χ2n) is 4.98. The van der Waals surface area contributed by atoms with Crippen LogP contribution in [-0.4, -0.2) is 49.9 Å². The molecule has 9 nitrogen and oxygen atoms in total. The summed E-state index contributed by atoms with van der Waals surface area (Å²) >= 11 is 11.8. The molecule has 0 aliphatic carbocycles. The Hall–Kier alpha value is -1.85. The summed E-state index contributed by atoms with van der Waals surface area (Å²) < 4.78 is 37.6. The minimum absolute atomic E-state index is 0.00245. The molecule has 0 saturated carbocycles. The molecule has 0 fully saturated rings. The molecule has 142 valence electrons. The number of benzene rings is 1. The number of aromatic nitrogens is 2. The van der Waals surface area contributed by atoms with E-state index in [-0.39, 0.29) is 45.7 Å². The molecule has 2 aromatic rings. The van der Waals surface area contributed by atoms with Gasteiger partial charge in [-0.05, 0) is 12.1 Å². The Balaban J connectivity index is 2.27. The zero-order valence-corrected chi connectivity index (χ0v) is 15.8. The topological polar surface area (TPSA) is 137 Å². The maximum absolute atomic E-state index is 12.5. The Morgan fingerprint density at radius 1 is 1.38 bits per heavy atom. The molecule has 0 aliphatic rings. The van der Waals surface area contributed by atoms with Crippen molar-refractivity contribution >= 4 is 39.0 Å². The van der Waals surface area contributed by atoms with E-state index in [1.165, 1.54) is 31.5 Å². The van der Waals surface area contributed by atoms with Crippen molar-refractivity contribution in [1.29, 1.82) is 0 Å². The number of ether oxygens (including phenoxy) is 2. The van der Waals surface area contributed by atoms with Gasteiger partial charge in [-0.2, -0.15) is 4.98 Å². The summed E-state index contributed by atoms with van der Waals surface area (Å²) in [5.41, 5.74) is 5.53. The normalized spacial score (nSPS) is 12.5. The van der Waals surface area contributed by atoms with E-state index in [0.29, 0.717) is 0 Å². The predicted molar refractivity (Wildman–Crippen MR) is 96.4 cm³/mol. The van der Waals surface area contributed by atoms with Gasteiger partial charge in [0, 0.05) is 0 Å². The number of nitrogens with two attached hydrogens (primary N) is 1. The van der Waals surface area contributed by atoms with Crippen LogP contribution in [0.5, 0.6) is 11.8 Å². The van der Waals surface area contributed by atoms with E-state index < -0.39 is 16.1 Å². The number of sulfonamides is 1. The van der Waals surface area contributed by atoms with E-state index in [0.717, 1.165) is 0 Å². The van der Waals surface area contributed by atoms with Crippen molar-refractivity contribution in [3.63, 3.8) is 0 Å². The molecule has 26 heavy (non-hydrogen) atoms. The van der Waals surface area contributed by atoms with Crippen LogP contribution in [0.4, 0.5) is 5.82 Å². The van der Waals surface area contributed by atoms with Crippen LogP contribution in [0.2, 0.25) is 10.0 Å². The fourth-order valence-electron chi connectivity index (χ4n) is 1.76. The molecule has 0 amide bonds. The highest BCUT2D eigenvalue weighted by molar-refractivity contribution is 7.92. The SMILES string of the molecule is COc1nc(OC[C@H](N)CO)cnc1NS(=O)(=O)c1cccc(Cl)c1Cl. The van der Waals surface area contributed by atoms with Crippen molar-refractivity contribution in [2.75, 3.05) is 25.0 Å². The van der Waals surface area contributed by atoms with Gasteiger partial charge in [0.2, 0.25) is 11.7 Å². The van der Waals surface area contributed by atoms with E-state index in [9.17, 15) is 8.42 Å². The molecule has 1 aromatic heterocycles. The van der Waals surface area contributed by atoms with Gasteiger partial charge in [0.1, 0.15) is 11.5 Å². The van der Waals surface area contributed by atoms with Crippen molar-refractivity contribution in [2.45, 2.75) is 10.9 Å². The highest BCUT2D eigenvalue weighted by atomic mass is 35.5. The molecule has 4 N–H and O–H groups in total. The van der Waals surface area contributed by atoms with Crippen LogP contribution in [0.1, 0.15) is 0 Å². The molecule has 1 aromatic carbocycles. The minimum Gasteiger partial charge on any atom is -0.478 e. The Bertz CT molecular complexity index is 882. The summed E-state index contributed by atoms with van der Waals surface area (Å²) in [7, 11) is -2.80. The molecular formula is C14H16Cl2N4O5S. The number of aliphatic hydroxyl groups excluding tert-OH is 1. The van der Waals surface area contributed by atoms with Gasteiger partial charge in [0.25, 0.3) is 15.9 Å². The van der Waals surface area contributed by atoms with Gasteiger partial charge in [-0.15, -0.1) is 0 Å². The monoisotopic (exact) mass is 422 g/mol. The number of methoxy groups -OCH3 is 1. The van der Waals surface area contributed by atoms with Gasteiger partial charge in [0.05, 0.1) is 36.0 Å². The summed E-state index contributed by atoms with van der Waals surface area (Å²) in [6.45, 7) is -0.264. The van der Waals surface area contributed by atoms with E-state index >= 15 is 0 Å². The second-order valence-corrected chi connectivity index (χ2v) is 7.41. The lowest BCUT2D eigenvalue weighted by Gasteiger charge is -2.13. The van der Waals surface area contributed by atoms with Crippen molar-refractivity contribution in [3.05, 3.63) is 34.4 Å². The maximum Gasteiger partial charge on any atom is 0.264 e. The minimum atomic E-state index is -4.08. The number of hydrogen-bond donors (Lipinski definition) is 3. The highest BCUT2D eigenvalue weighted by Gasteiger charge is 2.23. The fraction of sp³-hybridized carbons (Fsp3) is 0.286. The summed E-state index contributed by atoms with van der Waals surface area (Å²) in [4.78, 5) is 7.70. The molecule has 0 spiro atoms. The lowest BCUT2D eigenvalue weighted by molar-refractivity contribution is 0.201. The van der Waals surface area contributed by atoms with Crippen LogP contribution < -0.4 is 19.9 Å². The average molecular weight is 423 g/mol. The predicted octanol–water partition coefficient (Wildman–Crippen LogP) is 1.29. The van der Waals surface area contributed by atoms with Gasteiger partial charge in [0.15, 0.2) is 0 Å². The highest BCUT2D eigenvalue weighted by Crippen LogP contribution is 2.31. The van der Waals surface area contributed by atoms with Crippen LogP contribution in [0, 0.1) is 0 Å². The lowest BCUT2D eigenvalue weighted by atomic mass is 10.4. The number of rotatable bonds is 8. The van der Waals surface area contributed by atoms with Crippen LogP contribution in [-0.2, 0) is 10.0 Å². The van der Waals surface area contributed by atoms with Crippen molar-refractivity contribution in [3.8, 4) is 11.8 Å².